The van der Waals surface area contributed by atoms with E-state index in [-0.39, 0.29) is 23.6 Å². The maximum Gasteiger partial charge on any atom is 0.239 e. The number of piperazine rings is 1. The summed E-state index contributed by atoms with van der Waals surface area (Å²) in [5.74, 6) is 0.109. The molecule has 2 N–H and O–H groups in total. The van der Waals surface area contributed by atoms with E-state index in [1.807, 2.05) is 17.0 Å². The molecule has 0 aliphatic carbocycles. The van der Waals surface area contributed by atoms with Crippen molar-refractivity contribution >= 4 is 35.2 Å². The lowest BCUT2D eigenvalue weighted by Gasteiger charge is -2.38. The van der Waals surface area contributed by atoms with Crippen LogP contribution in [0.1, 0.15) is 22.5 Å². The van der Waals surface area contributed by atoms with Gasteiger partial charge in [-0.05, 0) is 23.8 Å². The van der Waals surface area contributed by atoms with Gasteiger partial charge in [-0.2, -0.15) is 0 Å². The standard InChI is InChI=1S/C23H26ClFN4O2S/c24-17-7-5-16(6-8-17)21(22(26)31)28-11-9-27(10-12-28)15-20(30)29-13-14-32-23(29)18-3-1-2-4-19(18)25/h1-8,21,23H,9-15H2,(H2,26,31)/t21-,23-/m1/s1. The second kappa shape index (κ2) is 10.2. The number of hydrogen-bond acceptors (Lipinski definition) is 5. The molecule has 2 amide bonds. The van der Waals surface area contributed by atoms with E-state index in [4.69, 9.17) is 17.3 Å². The summed E-state index contributed by atoms with van der Waals surface area (Å²) in [5.41, 5.74) is 7.07. The summed E-state index contributed by atoms with van der Waals surface area (Å²) in [5, 5.41) is 0.322. The van der Waals surface area contributed by atoms with Gasteiger partial charge in [0.1, 0.15) is 17.2 Å². The van der Waals surface area contributed by atoms with Crippen LogP contribution in [0.3, 0.4) is 0 Å². The number of carbonyl (C=O) groups is 2. The van der Waals surface area contributed by atoms with Crippen LogP contribution in [0, 0.1) is 5.82 Å². The first kappa shape index (κ1) is 23.0. The lowest BCUT2D eigenvalue weighted by Crippen LogP contribution is -2.52. The highest BCUT2D eigenvalue weighted by molar-refractivity contribution is 7.99. The molecule has 0 aromatic heterocycles. The molecule has 0 unspecified atom stereocenters. The van der Waals surface area contributed by atoms with Gasteiger partial charge in [-0.1, -0.05) is 41.9 Å². The zero-order chi connectivity index (χ0) is 22.7. The molecular weight excluding hydrogens is 451 g/mol. The number of hydrogen-bond donors (Lipinski definition) is 1. The molecule has 0 radical (unpaired) electrons. The molecule has 2 saturated heterocycles. The molecule has 0 saturated carbocycles. The zero-order valence-corrected chi connectivity index (χ0v) is 19.2. The number of nitrogens with zero attached hydrogens (tertiary/aromatic N) is 3. The molecule has 2 aromatic carbocycles. The molecule has 6 nitrogen and oxygen atoms in total. The highest BCUT2D eigenvalue weighted by Crippen LogP contribution is 2.39. The van der Waals surface area contributed by atoms with E-state index < -0.39 is 11.9 Å². The van der Waals surface area contributed by atoms with Crippen LogP contribution in [-0.4, -0.2) is 71.5 Å². The maximum absolute atomic E-state index is 14.3. The molecule has 9 heteroatoms. The predicted molar refractivity (Wildman–Crippen MR) is 125 cm³/mol. The van der Waals surface area contributed by atoms with E-state index in [0.717, 1.165) is 11.3 Å². The molecule has 170 valence electrons. The third-order valence-corrected chi connectivity index (χ3v) is 7.46. The fraction of sp³-hybridized carbons (Fsp3) is 0.391. The summed E-state index contributed by atoms with van der Waals surface area (Å²) in [7, 11) is 0. The second-order valence-electron chi connectivity index (χ2n) is 8.00. The van der Waals surface area contributed by atoms with E-state index in [2.05, 4.69) is 4.90 Å². The number of amides is 2. The Bertz CT molecular complexity index is 969. The lowest BCUT2D eigenvalue weighted by atomic mass is 10.0. The molecule has 2 aliphatic rings. The third kappa shape index (κ3) is 5.09. The third-order valence-electron chi connectivity index (χ3n) is 5.97. The van der Waals surface area contributed by atoms with Crippen LogP contribution in [0.15, 0.2) is 48.5 Å². The molecule has 32 heavy (non-hydrogen) atoms. The Morgan fingerprint density at radius 1 is 1.06 bits per heavy atom. The Morgan fingerprint density at radius 2 is 1.75 bits per heavy atom. The minimum absolute atomic E-state index is 0.000792. The van der Waals surface area contributed by atoms with Gasteiger partial charge in [0.25, 0.3) is 0 Å². The minimum Gasteiger partial charge on any atom is -0.368 e. The first-order valence-corrected chi connectivity index (χ1v) is 12.0. The number of primary amides is 1. The first-order valence-electron chi connectivity index (χ1n) is 10.6. The summed E-state index contributed by atoms with van der Waals surface area (Å²) in [6.07, 6.45) is 0. The van der Waals surface area contributed by atoms with E-state index in [9.17, 15) is 14.0 Å². The van der Waals surface area contributed by atoms with Crippen molar-refractivity contribution in [3.63, 3.8) is 0 Å². The average Bonchev–Trinajstić information content (AvgIpc) is 3.26. The zero-order valence-electron chi connectivity index (χ0n) is 17.6. The summed E-state index contributed by atoms with van der Waals surface area (Å²) in [4.78, 5) is 31.1. The van der Waals surface area contributed by atoms with Gasteiger partial charge < -0.3 is 10.6 Å². The lowest BCUT2D eigenvalue weighted by molar-refractivity contribution is -0.133. The maximum atomic E-state index is 14.3. The van der Waals surface area contributed by atoms with Crippen LogP contribution < -0.4 is 5.73 Å². The van der Waals surface area contributed by atoms with Crippen molar-refractivity contribution in [2.24, 2.45) is 5.73 Å². The number of benzene rings is 2. The van der Waals surface area contributed by atoms with Gasteiger partial charge >= 0.3 is 0 Å². The Labute approximate surface area is 196 Å². The SMILES string of the molecule is NC(=O)[C@@H](c1ccc(Cl)cc1)N1CCN(CC(=O)N2CCS[C@@H]2c2ccccc2F)CC1. The first-order chi connectivity index (χ1) is 15.4. The van der Waals surface area contributed by atoms with Crippen molar-refractivity contribution in [2.75, 3.05) is 45.0 Å². The second-order valence-corrected chi connectivity index (χ2v) is 9.62. The molecule has 2 heterocycles. The Morgan fingerprint density at radius 3 is 2.41 bits per heavy atom. The number of carbonyl (C=O) groups excluding carboxylic acids is 2. The van der Waals surface area contributed by atoms with Crippen LogP contribution in [0.5, 0.6) is 0 Å². The minimum atomic E-state index is -0.523. The molecule has 2 aromatic rings. The summed E-state index contributed by atoms with van der Waals surface area (Å²) in [6.45, 7) is 3.43. The molecule has 2 atom stereocenters. The van der Waals surface area contributed by atoms with Crippen LogP contribution >= 0.6 is 23.4 Å². The smallest absolute Gasteiger partial charge is 0.239 e. The van der Waals surface area contributed by atoms with E-state index in [0.29, 0.717) is 43.3 Å². The number of rotatable bonds is 6. The van der Waals surface area contributed by atoms with E-state index in [1.54, 1.807) is 47.0 Å². The molecule has 2 aliphatic heterocycles. The molecular formula is C23H26ClFN4O2S. The van der Waals surface area contributed by atoms with Crippen molar-refractivity contribution in [2.45, 2.75) is 11.4 Å². The number of thioether (sulfide) groups is 1. The van der Waals surface area contributed by atoms with Gasteiger partial charge in [0.05, 0.1) is 6.54 Å². The normalized spacial score (nSPS) is 20.9. The monoisotopic (exact) mass is 476 g/mol. The average molecular weight is 477 g/mol. The molecule has 0 bridgehead atoms. The van der Waals surface area contributed by atoms with Gasteiger partial charge in [-0.15, -0.1) is 11.8 Å². The van der Waals surface area contributed by atoms with Gasteiger partial charge in [-0.3, -0.25) is 19.4 Å². The van der Waals surface area contributed by atoms with Gasteiger partial charge in [0.2, 0.25) is 11.8 Å². The largest absolute Gasteiger partial charge is 0.368 e. The Kier molecular flexibility index (Phi) is 7.35. The van der Waals surface area contributed by atoms with E-state index in [1.165, 1.54) is 6.07 Å². The predicted octanol–water partition coefficient (Wildman–Crippen LogP) is 2.90. The van der Waals surface area contributed by atoms with Crippen LogP contribution in [0.2, 0.25) is 5.02 Å². The van der Waals surface area contributed by atoms with Crippen LogP contribution in [0.4, 0.5) is 4.39 Å². The molecule has 4 rings (SSSR count). The van der Waals surface area contributed by atoms with Crippen molar-refractivity contribution in [1.29, 1.82) is 0 Å². The topological polar surface area (TPSA) is 69.9 Å². The highest BCUT2D eigenvalue weighted by atomic mass is 35.5. The Hall–Kier alpha value is -2.13. The Balaban J connectivity index is 1.36. The van der Waals surface area contributed by atoms with Crippen molar-refractivity contribution in [3.05, 3.63) is 70.5 Å². The van der Waals surface area contributed by atoms with Crippen LogP contribution in [0.25, 0.3) is 0 Å². The summed E-state index contributed by atoms with van der Waals surface area (Å²) in [6, 6.07) is 13.3. The quantitative estimate of drug-likeness (QED) is 0.694. The number of halogens is 2. The van der Waals surface area contributed by atoms with Crippen molar-refractivity contribution < 1.29 is 14.0 Å². The van der Waals surface area contributed by atoms with Gasteiger partial charge in [0.15, 0.2) is 0 Å². The highest BCUT2D eigenvalue weighted by Gasteiger charge is 2.34. The molecule has 2 fully saturated rings. The van der Waals surface area contributed by atoms with Crippen molar-refractivity contribution in [3.8, 4) is 0 Å². The number of nitrogens with two attached hydrogens (primary N) is 1. The fourth-order valence-corrected chi connectivity index (χ4v) is 5.75. The fourth-order valence-electron chi connectivity index (χ4n) is 4.32. The van der Waals surface area contributed by atoms with Crippen molar-refractivity contribution in [1.82, 2.24) is 14.7 Å². The molecule has 0 spiro atoms. The van der Waals surface area contributed by atoms with Gasteiger partial charge in [-0.25, -0.2) is 4.39 Å². The van der Waals surface area contributed by atoms with Crippen LogP contribution in [-0.2, 0) is 9.59 Å². The van der Waals surface area contributed by atoms with E-state index >= 15 is 0 Å². The summed E-state index contributed by atoms with van der Waals surface area (Å²) < 4.78 is 14.3. The van der Waals surface area contributed by atoms with Gasteiger partial charge in [0, 0.05) is 49.1 Å². The summed E-state index contributed by atoms with van der Waals surface area (Å²) >= 11 is 7.56.